The van der Waals surface area contributed by atoms with Crippen molar-refractivity contribution in [2.45, 2.75) is 51.9 Å². The summed E-state index contributed by atoms with van der Waals surface area (Å²) in [5, 5.41) is 0. The molecule has 5 nitrogen and oxygen atoms in total. The van der Waals surface area contributed by atoms with Gasteiger partial charge in [-0.3, -0.25) is 0 Å². The van der Waals surface area contributed by atoms with E-state index in [1.54, 1.807) is 12.4 Å². The molecule has 0 bridgehead atoms. The third-order valence-corrected chi connectivity index (χ3v) is 4.53. The molecule has 3 rings (SSSR count). The van der Waals surface area contributed by atoms with Crippen molar-refractivity contribution in [3.63, 3.8) is 0 Å². The number of rotatable bonds is 4. The van der Waals surface area contributed by atoms with Crippen LogP contribution in [0.4, 0.5) is 0 Å². The summed E-state index contributed by atoms with van der Waals surface area (Å²) in [6.45, 7) is 6.52. The topological polar surface area (TPSA) is 53.5 Å². The van der Waals surface area contributed by atoms with Crippen molar-refractivity contribution < 1.29 is 14.2 Å². The van der Waals surface area contributed by atoms with E-state index in [2.05, 4.69) is 16.9 Å². The molecule has 0 saturated carbocycles. The molecule has 1 aromatic heterocycles. The molecule has 5 heteroatoms. The van der Waals surface area contributed by atoms with Crippen molar-refractivity contribution in [1.82, 2.24) is 9.97 Å². The van der Waals surface area contributed by atoms with Crippen LogP contribution >= 0.6 is 0 Å². The van der Waals surface area contributed by atoms with Crippen molar-refractivity contribution in [1.29, 1.82) is 0 Å². The van der Waals surface area contributed by atoms with Gasteiger partial charge in [0.2, 0.25) is 0 Å². The van der Waals surface area contributed by atoms with Crippen LogP contribution in [0.25, 0.3) is 0 Å². The molecule has 122 valence electrons. The van der Waals surface area contributed by atoms with Crippen LogP contribution in [0.3, 0.4) is 0 Å². The fraction of sp³-hybridized carbons (Fsp3) is 0.765. The lowest BCUT2D eigenvalue weighted by atomic mass is 9.94. The Morgan fingerprint density at radius 3 is 2.36 bits per heavy atom. The van der Waals surface area contributed by atoms with Gasteiger partial charge < -0.3 is 14.2 Å². The van der Waals surface area contributed by atoms with E-state index in [0.717, 1.165) is 50.0 Å². The summed E-state index contributed by atoms with van der Waals surface area (Å²) in [5.41, 5.74) is 0.897. The van der Waals surface area contributed by atoms with E-state index in [9.17, 15) is 0 Å². The molecule has 2 unspecified atom stereocenters. The molecule has 0 aliphatic carbocycles. The highest BCUT2D eigenvalue weighted by atomic mass is 16.7. The molecule has 2 atom stereocenters. The highest BCUT2D eigenvalue weighted by molar-refractivity contribution is 5.06. The smallest absolute Gasteiger partial charge is 0.186 e. The average molecular weight is 306 g/mol. The summed E-state index contributed by atoms with van der Waals surface area (Å²) in [7, 11) is 0. The molecule has 2 aliphatic heterocycles. The maximum Gasteiger partial charge on any atom is 0.186 e. The zero-order valence-electron chi connectivity index (χ0n) is 13.5. The molecule has 0 radical (unpaired) electrons. The quantitative estimate of drug-likeness (QED) is 0.856. The van der Waals surface area contributed by atoms with Gasteiger partial charge in [0.1, 0.15) is 5.82 Å². The maximum absolute atomic E-state index is 5.88. The van der Waals surface area contributed by atoms with Crippen LogP contribution in [0.15, 0.2) is 12.4 Å². The lowest BCUT2D eigenvalue weighted by Crippen LogP contribution is -2.30. The number of aromatic nitrogens is 2. The van der Waals surface area contributed by atoms with Gasteiger partial charge in [0.25, 0.3) is 0 Å². The molecule has 2 fully saturated rings. The first-order chi connectivity index (χ1) is 10.7. The Labute approximate surface area is 132 Å². The molecule has 0 aromatic carbocycles. The van der Waals surface area contributed by atoms with Crippen molar-refractivity contribution in [2.75, 3.05) is 19.8 Å². The van der Waals surface area contributed by atoms with Crippen LogP contribution in [0.5, 0.6) is 0 Å². The Hall–Kier alpha value is -1.04. The van der Waals surface area contributed by atoms with Crippen molar-refractivity contribution in [3.05, 3.63) is 23.8 Å². The molecule has 0 amide bonds. The Morgan fingerprint density at radius 1 is 1.00 bits per heavy atom. The number of aryl methyl sites for hydroxylation is 1. The molecule has 1 aromatic rings. The number of hydrogen-bond donors (Lipinski definition) is 0. The summed E-state index contributed by atoms with van der Waals surface area (Å²) in [5.74, 6) is 1.94. The number of hydrogen-bond acceptors (Lipinski definition) is 5. The molecular weight excluding hydrogens is 280 g/mol. The molecule has 2 aliphatic rings. The first-order valence-electron chi connectivity index (χ1n) is 8.34. The molecule has 0 N–H and O–H groups in total. The van der Waals surface area contributed by atoms with E-state index < -0.39 is 0 Å². The fourth-order valence-electron chi connectivity index (χ4n) is 3.01. The summed E-state index contributed by atoms with van der Waals surface area (Å²) in [4.78, 5) is 8.38. The van der Waals surface area contributed by atoms with Gasteiger partial charge in [0, 0.05) is 30.5 Å². The first-order valence-corrected chi connectivity index (χ1v) is 8.34. The Bertz CT molecular complexity index is 449. The van der Waals surface area contributed by atoms with Crippen LogP contribution in [-0.4, -0.2) is 35.9 Å². The monoisotopic (exact) mass is 306 g/mol. The fourth-order valence-corrected chi connectivity index (χ4v) is 3.01. The van der Waals surface area contributed by atoms with Gasteiger partial charge >= 0.3 is 0 Å². The van der Waals surface area contributed by atoms with E-state index in [0.29, 0.717) is 12.0 Å². The Balaban J connectivity index is 1.39. The molecule has 3 heterocycles. The van der Waals surface area contributed by atoms with Crippen molar-refractivity contribution in [3.8, 4) is 0 Å². The summed E-state index contributed by atoms with van der Waals surface area (Å²) >= 11 is 0. The van der Waals surface area contributed by atoms with Gasteiger partial charge in [-0.15, -0.1) is 0 Å². The van der Waals surface area contributed by atoms with E-state index in [1.165, 1.54) is 12.8 Å². The van der Waals surface area contributed by atoms with Crippen LogP contribution in [0.2, 0.25) is 0 Å². The zero-order chi connectivity index (χ0) is 15.4. The maximum atomic E-state index is 5.88. The van der Waals surface area contributed by atoms with Crippen molar-refractivity contribution >= 4 is 0 Å². The Morgan fingerprint density at radius 2 is 1.73 bits per heavy atom. The third-order valence-electron chi connectivity index (χ3n) is 4.53. The first kappa shape index (κ1) is 15.8. The molecular formula is C17H26N2O3. The summed E-state index contributed by atoms with van der Waals surface area (Å²) in [6, 6.07) is 0. The second-order valence-electron chi connectivity index (χ2n) is 6.64. The standard InChI is InChI=1S/C17H26N2O3/c1-12-3-5-16(20-9-12)6-4-14-10-21-17(22-11-14)15-7-18-13(2)19-8-15/h7-8,12,14,16-17H,3-6,9-11H2,1-2H3. The van der Waals surface area contributed by atoms with Crippen LogP contribution in [0, 0.1) is 18.8 Å². The van der Waals surface area contributed by atoms with E-state index >= 15 is 0 Å². The predicted octanol–water partition coefficient (Wildman–Crippen LogP) is 3.04. The van der Waals surface area contributed by atoms with Crippen LogP contribution in [-0.2, 0) is 14.2 Å². The number of nitrogens with zero attached hydrogens (tertiary/aromatic N) is 2. The van der Waals surface area contributed by atoms with Gasteiger partial charge in [-0.05, 0) is 38.5 Å². The highest BCUT2D eigenvalue weighted by Gasteiger charge is 2.26. The van der Waals surface area contributed by atoms with Gasteiger partial charge in [-0.1, -0.05) is 6.92 Å². The van der Waals surface area contributed by atoms with E-state index in [1.807, 2.05) is 6.92 Å². The minimum absolute atomic E-state index is 0.316. The number of ether oxygens (including phenoxy) is 3. The predicted molar refractivity (Wildman–Crippen MR) is 82.3 cm³/mol. The van der Waals surface area contributed by atoms with E-state index in [-0.39, 0.29) is 6.29 Å². The van der Waals surface area contributed by atoms with Crippen molar-refractivity contribution in [2.24, 2.45) is 11.8 Å². The van der Waals surface area contributed by atoms with Gasteiger partial charge in [0.15, 0.2) is 6.29 Å². The lowest BCUT2D eigenvalue weighted by molar-refractivity contribution is -0.207. The zero-order valence-corrected chi connectivity index (χ0v) is 13.5. The Kier molecular flexibility index (Phi) is 5.39. The van der Waals surface area contributed by atoms with Crippen LogP contribution in [0.1, 0.15) is 50.3 Å². The van der Waals surface area contributed by atoms with Gasteiger partial charge in [-0.25, -0.2) is 9.97 Å². The molecule has 22 heavy (non-hydrogen) atoms. The average Bonchev–Trinajstić information content (AvgIpc) is 2.56. The molecule has 2 saturated heterocycles. The summed E-state index contributed by atoms with van der Waals surface area (Å²) in [6.07, 6.45) is 8.38. The largest absolute Gasteiger partial charge is 0.378 e. The molecule has 0 spiro atoms. The van der Waals surface area contributed by atoms with E-state index in [4.69, 9.17) is 14.2 Å². The minimum atomic E-state index is -0.316. The minimum Gasteiger partial charge on any atom is -0.378 e. The summed E-state index contributed by atoms with van der Waals surface area (Å²) < 4.78 is 17.5. The second kappa shape index (κ2) is 7.49. The third kappa shape index (κ3) is 4.24. The van der Waals surface area contributed by atoms with Gasteiger partial charge in [-0.2, -0.15) is 0 Å². The lowest BCUT2D eigenvalue weighted by Gasteiger charge is -2.31. The normalized spacial score (nSPS) is 32.8. The van der Waals surface area contributed by atoms with Gasteiger partial charge in [0.05, 0.1) is 19.3 Å². The van der Waals surface area contributed by atoms with Crippen LogP contribution < -0.4 is 0 Å². The SMILES string of the molecule is Cc1ncc(C2OCC(CCC3CCC(C)CO3)CO2)cn1. The highest BCUT2D eigenvalue weighted by Crippen LogP contribution is 2.28. The second-order valence-corrected chi connectivity index (χ2v) is 6.64.